The third-order valence-electron chi connectivity index (χ3n) is 2.33. The van der Waals surface area contributed by atoms with Gasteiger partial charge < -0.3 is 10.5 Å². The zero-order valence-electron chi connectivity index (χ0n) is 9.75. The molecule has 0 bridgehead atoms. The van der Waals surface area contributed by atoms with Crippen molar-refractivity contribution in [2.45, 2.75) is 25.7 Å². The summed E-state index contributed by atoms with van der Waals surface area (Å²) in [6, 6.07) is 0. The largest absolute Gasteiger partial charge is 0.466 e. The van der Waals surface area contributed by atoms with Crippen molar-refractivity contribution in [3.8, 4) is 0 Å². The lowest BCUT2D eigenvalue weighted by Gasteiger charge is -2.13. The van der Waals surface area contributed by atoms with Gasteiger partial charge in [0.2, 0.25) is 0 Å². The van der Waals surface area contributed by atoms with Gasteiger partial charge in [0.15, 0.2) is 0 Å². The van der Waals surface area contributed by atoms with Crippen molar-refractivity contribution in [3.05, 3.63) is 23.0 Å². The fourth-order valence-corrected chi connectivity index (χ4v) is 1.84. The van der Waals surface area contributed by atoms with Crippen LogP contribution in [-0.4, -0.2) is 17.6 Å². The van der Waals surface area contributed by atoms with Crippen LogP contribution in [-0.2, 0) is 21.8 Å². The number of nitrogens with two attached hydrogens (primary N) is 1. The first-order valence-electron chi connectivity index (χ1n) is 5.27. The molecule has 0 unspecified atom stereocenters. The Morgan fingerprint density at radius 1 is 1.56 bits per heavy atom. The number of nitrogen functional groups attached to an aromatic ring is 1. The van der Waals surface area contributed by atoms with E-state index in [2.05, 4.69) is 4.98 Å². The fourth-order valence-electron chi connectivity index (χ4n) is 1.52. The number of rotatable bonds is 5. The van der Waals surface area contributed by atoms with E-state index in [1.54, 1.807) is 6.92 Å². The van der Waals surface area contributed by atoms with Crippen LogP contribution in [0.2, 0.25) is 0 Å². The van der Waals surface area contributed by atoms with Crippen molar-refractivity contribution < 1.29 is 18.3 Å². The number of nitrogens with zero attached hydrogens (tertiary/aromatic N) is 1. The molecule has 2 N–H and O–H groups in total. The van der Waals surface area contributed by atoms with Crippen LogP contribution in [0.25, 0.3) is 0 Å². The summed E-state index contributed by atoms with van der Waals surface area (Å²) in [6.45, 7) is 1.81. The highest BCUT2D eigenvalue weighted by atomic mass is 35.5. The average Bonchev–Trinajstić information content (AvgIpc) is 2.29. The van der Waals surface area contributed by atoms with Crippen molar-refractivity contribution in [1.82, 2.24) is 4.98 Å². The van der Waals surface area contributed by atoms with E-state index in [4.69, 9.17) is 22.1 Å². The summed E-state index contributed by atoms with van der Waals surface area (Å²) in [6.07, 6.45) is -1.99. The van der Waals surface area contributed by atoms with Crippen molar-refractivity contribution in [2.75, 3.05) is 12.3 Å². The van der Waals surface area contributed by atoms with E-state index in [-0.39, 0.29) is 30.2 Å². The van der Waals surface area contributed by atoms with Crippen LogP contribution in [0.4, 0.5) is 14.5 Å². The van der Waals surface area contributed by atoms with Gasteiger partial charge in [0.05, 0.1) is 24.9 Å². The standard InChI is InChI=1S/C11H13ClF2N2O2/c1-2-18-9(17)3-6-7(4-12)8(15)5-16-10(6)11(13)14/h5,11H,2-4,15H2,1H3. The molecule has 0 fully saturated rings. The van der Waals surface area contributed by atoms with Gasteiger partial charge in [0.1, 0.15) is 5.69 Å². The summed E-state index contributed by atoms with van der Waals surface area (Å²) >= 11 is 5.67. The Morgan fingerprint density at radius 2 is 2.22 bits per heavy atom. The molecule has 0 aliphatic carbocycles. The predicted octanol–water partition coefficient (Wildman–Crippen LogP) is 2.45. The number of ether oxygens (including phenoxy) is 1. The first-order valence-corrected chi connectivity index (χ1v) is 5.80. The maximum Gasteiger partial charge on any atom is 0.310 e. The van der Waals surface area contributed by atoms with E-state index in [1.807, 2.05) is 0 Å². The van der Waals surface area contributed by atoms with Gasteiger partial charge in [-0.1, -0.05) is 0 Å². The molecule has 0 amide bonds. The fraction of sp³-hybridized carbons (Fsp3) is 0.455. The minimum absolute atomic E-state index is 0.0541. The van der Waals surface area contributed by atoms with Crippen LogP contribution in [0.5, 0.6) is 0 Å². The maximum absolute atomic E-state index is 12.8. The minimum atomic E-state index is -2.79. The molecule has 0 saturated carbocycles. The van der Waals surface area contributed by atoms with Gasteiger partial charge in [-0.3, -0.25) is 9.78 Å². The summed E-state index contributed by atoms with van der Waals surface area (Å²) in [7, 11) is 0. The zero-order chi connectivity index (χ0) is 13.7. The van der Waals surface area contributed by atoms with Crippen molar-refractivity contribution >= 4 is 23.3 Å². The van der Waals surface area contributed by atoms with Gasteiger partial charge >= 0.3 is 5.97 Å². The van der Waals surface area contributed by atoms with Gasteiger partial charge in [-0.25, -0.2) is 8.78 Å². The van der Waals surface area contributed by atoms with Crippen LogP contribution < -0.4 is 5.73 Å². The lowest BCUT2D eigenvalue weighted by Crippen LogP contribution is -2.14. The normalized spacial score (nSPS) is 10.7. The first-order chi connectivity index (χ1) is 8.51. The molecule has 0 spiro atoms. The molecular weight excluding hydrogens is 266 g/mol. The number of hydrogen-bond acceptors (Lipinski definition) is 4. The van der Waals surface area contributed by atoms with Crippen molar-refractivity contribution in [3.63, 3.8) is 0 Å². The molecule has 0 saturated heterocycles. The Morgan fingerprint density at radius 3 is 2.72 bits per heavy atom. The molecular formula is C11H13ClF2N2O2. The number of esters is 1. The molecule has 0 radical (unpaired) electrons. The number of carbonyl (C=O) groups is 1. The van der Waals surface area contributed by atoms with E-state index in [9.17, 15) is 13.6 Å². The van der Waals surface area contributed by atoms with Crippen LogP contribution in [0.15, 0.2) is 6.20 Å². The van der Waals surface area contributed by atoms with E-state index in [0.717, 1.165) is 6.20 Å². The Bertz CT molecular complexity index is 441. The molecule has 18 heavy (non-hydrogen) atoms. The van der Waals surface area contributed by atoms with Gasteiger partial charge in [-0.15, -0.1) is 11.6 Å². The highest BCUT2D eigenvalue weighted by Gasteiger charge is 2.22. The molecule has 1 aromatic heterocycles. The summed E-state index contributed by atoms with van der Waals surface area (Å²) in [5, 5.41) is 0. The van der Waals surface area contributed by atoms with E-state index >= 15 is 0 Å². The molecule has 0 aliphatic rings. The topological polar surface area (TPSA) is 65.2 Å². The molecule has 7 heteroatoms. The molecule has 1 rings (SSSR count). The summed E-state index contributed by atoms with van der Waals surface area (Å²) in [4.78, 5) is 14.9. The molecule has 1 heterocycles. The van der Waals surface area contributed by atoms with E-state index in [0.29, 0.717) is 5.56 Å². The highest BCUT2D eigenvalue weighted by Crippen LogP contribution is 2.28. The lowest BCUT2D eigenvalue weighted by molar-refractivity contribution is -0.142. The zero-order valence-corrected chi connectivity index (χ0v) is 10.5. The first kappa shape index (κ1) is 14.6. The van der Waals surface area contributed by atoms with E-state index < -0.39 is 18.1 Å². The van der Waals surface area contributed by atoms with Crippen LogP contribution in [0, 0.1) is 0 Å². The third-order valence-corrected chi connectivity index (χ3v) is 2.60. The number of carbonyl (C=O) groups excluding carboxylic acids is 1. The average molecular weight is 279 g/mol. The molecule has 0 aromatic carbocycles. The van der Waals surface area contributed by atoms with Crippen LogP contribution in [0.3, 0.4) is 0 Å². The molecule has 1 aromatic rings. The van der Waals surface area contributed by atoms with Crippen LogP contribution in [0.1, 0.15) is 30.2 Å². The van der Waals surface area contributed by atoms with Gasteiger partial charge in [0.25, 0.3) is 6.43 Å². The number of alkyl halides is 3. The monoisotopic (exact) mass is 278 g/mol. The Hall–Kier alpha value is -1.43. The summed E-state index contributed by atoms with van der Waals surface area (Å²) in [5.74, 6) is -0.679. The van der Waals surface area contributed by atoms with Gasteiger partial charge in [-0.05, 0) is 18.1 Å². The SMILES string of the molecule is CCOC(=O)Cc1c(C(F)F)ncc(N)c1CCl. The second kappa shape index (κ2) is 6.49. The smallest absolute Gasteiger partial charge is 0.310 e. The predicted molar refractivity (Wildman–Crippen MR) is 63.5 cm³/mol. The molecule has 4 nitrogen and oxygen atoms in total. The quantitative estimate of drug-likeness (QED) is 0.664. The van der Waals surface area contributed by atoms with Gasteiger partial charge in [-0.2, -0.15) is 0 Å². The molecule has 100 valence electrons. The van der Waals surface area contributed by atoms with Crippen molar-refractivity contribution in [1.29, 1.82) is 0 Å². The summed E-state index contributed by atoms with van der Waals surface area (Å²) < 4.78 is 30.4. The number of aromatic nitrogens is 1. The number of anilines is 1. The number of halogens is 3. The van der Waals surface area contributed by atoms with Crippen LogP contribution >= 0.6 is 11.6 Å². The second-order valence-corrected chi connectivity index (χ2v) is 3.74. The Labute approximate surface area is 108 Å². The van der Waals surface area contributed by atoms with Crippen molar-refractivity contribution in [2.24, 2.45) is 0 Å². The number of pyridine rings is 1. The molecule has 0 aliphatic heterocycles. The highest BCUT2D eigenvalue weighted by molar-refractivity contribution is 6.17. The number of hydrogen-bond donors (Lipinski definition) is 1. The van der Waals surface area contributed by atoms with E-state index in [1.165, 1.54) is 0 Å². The molecule has 0 atom stereocenters. The third kappa shape index (κ3) is 3.29. The minimum Gasteiger partial charge on any atom is -0.466 e. The van der Waals surface area contributed by atoms with Gasteiger partial charge in [0, 0.05) is 5.88 Å². The Kier molecular flexibility index (Phi) is 5.27. The second-order valence-electron chi connectivity index (χ2n) is 3.47. The maximum atomic E-state index is 12.8. The summed E-state index contributed by atoms with van der Waals surface area (Å²) in [5.41, 5.74) is 5.67. The lowest BCUT2D eigenvalue weighted by atomic mass is 10.0. The Balaban J connectivity index is 3.19.